The number of hydrogen-bond donors (Lipinski definition) is 1. The fourth-order valence-corrected chi connectivity index (χ4v) is 3.62. The van der Waals surface area contributed by atoms with Crippen LogP contribution in [0.5, 0.6) is 0 Å². The Labute approximate surface area is 143 Å². The zero-order chi connectivity index (χ0) is 17.6. The van der Waals surface area contributed by atoms with E-state index in [2.05, 4.69) is 4.99 Å². The first-order valence-electron chi connectivity index (χ1n) is 7.76. The molecule has 4 rings (SSSR count). The number of aliphatic carboxylic acids is 1. The van der Waals surface area contributed by atoms with E-state index in [-0.39, 0.29) is 12.2 Å². The van der Waals surface area contributed by atoms with Gasteiger partial charge in [0, 0.05) is 17.7 Å². The zero-order valence-electron chi connectivity index (χ0n) is 13.5. The first kappa shape index (κ1) is 15.3. The van der Waals surface area contributed by atoms with Crippen molar-refractivity contribution < 1.29 is 19.4 Å². The summed E-state index contributed by atoms with van der Waals surface area (Å²) < 4.78 is 4.47. The van der Waals surface area contributed by atoms with Crippen molar-refractivity contribution in [2.24, 2.45) is 4.99 Å². The van der Waals surface area contributed by atoms with Crippen LogP contribution in [0, 0.1) is 0 Å². The molecular formula is C19H15N2O4+. The van der Waals surface area contributed by atoms with E-state index < -0.39 is 16.5 Å². The average Bonchev–Trinajstić information content (AvgIpc) is 2.87. The van der Waals surface area contributed by atoms with Crippen molar-refractivity contribution in [3.05, 3.63) is 70.4 Å². The van der Waals surface area contributed by atoms with Crippen LogP contribution in [0.2, 0.25) is 0 Å². The van der Waals surface area contributed by atoms with Gasteiger partial charge < -0.3 is 9.84 Å². The lowest BCUT2D eigenvalue weighted by molar-refractivity contribution is -0.131. The van der Waals surface area contributed by atoms with Crippen LogP contribution in [0.1, 0.15) is 5.56 Å². The van der Waals surface area contributed by atoms with Gasteiger partial charge in [0.25, 0.3) is 0 Å². The Hall–Kier alpha value is -3.25. The van der Waals surface area contributed by atoms with Crippen LogP contribution in [-0.4, -0.2) is 30.8 Å². The van der Waals surface area contributed by atoms with E-state index in [1.807, 2.05) is 18.2 Å². The van der Waals surface area contributed by atoms with Gasteiger partial charge in [0.05, 0.1) is 17.7 Å². The number of carbonyl (C=O) groups is 2. The third kappa shape index (κ3) is 1.91. The van der Waals surface area contributed by atoms with Crippen molar-refractivity contribution in [3.8, 4) is 0 Å². The number of rotatable bonds is 1. The Morgan fingerprint density at radius 2 is 1.84 bits per heavy atom. The third-order valence-electron chi connectivity index (χ3n) is 4.61. The number of nitrogens with zero attached hydrogens (tertiary/aromatic N) is 2. The van der Waals surface area contributed by atoms with E-state index in [0.717, 1.165) is 5.56 Å². The van der Waals surface area contributed by atoms with Crippen molar-refractivity contribution in [2.75, 3.05) is 13.7 Å². The summed E-state index contributed by atoms with van der Waals surface area (Å²) in [6, 6.07) is 14.2. The molecule has 6 heteroatoms. The molecule has 1 atom stereocenters. The smallest absolute Gasteiger partial charge is 0.474 e. The highest BCUT2D eigenvalue weighted by Crippen LogP contribution is 2.45. The molecule has 1 unspecified atom stereocenters. The minimum absolute atomic E-state index is 0.0695. The lowest BCUT2D eigenvalue weighted by atomic mass is 10.1. The molecule has 2 heterocycles. The summed E-state index contributed by atoms with van der Waals surface area (Å²) in [6.07, 6.45) is 1.16. The van der Waals surface area contributed by atoms with Crippen molar-refractivity contribution in [2.45, 2.75) is 0 Å². The van der Waals surface area contributed by atoms with E-state index in [1.165, 1.54) is 7.11 Å². The van der Waals surface area contributed by atoms with Gasteiger partial charge in [-0.1, -0.05) is 24.3 Å². The molecule has 1 amide bonds. The van der Waals surface area contributed by atoms with Gasteiger partial charge in [-0.05, 0) is 18.2 Å². The van der Waals surface area contributed by atoms with Crippen LogP contribution in [-0.2, 0) is 9.53 Å². The molecule has 0 saturated heterocycles. The molecule has 2 aliphatic heterocycles. The molecule has 0 aliphatic carbocycles. The normalized spacial score (nSPS) is 20.4. The van der Waals surface area contributed by atoms with Gasteiger partial charge in [-0.3, -0.25) is 4.99 Å². The highest BCUT2D eigenvalue weighted by Gasteiger charge is 2.57. The molecule has 2 aromatic carbocycles. The first-order valence-corrected chi connectivity index (χ1v) is 7.76. The standard InChI is InChI=1S/C19H14N2O4/c1-25-19(24)21-13(10-12-6-2-5-9-16(12)21)11-20-15-8-4-3-7-14(15)17(21)18(22)23/h2-10H,11H2,1H3/p+1. The fraction of sp³-hybridized carbons (Fsp3) is 0.105. The molecular weight excluding hydrogens is 320 g/mol. The topological polar surface area (TPSA) is 76.0 Å². The molecule has 1 N–H and O–H groups in total. The monoisotopic (exact) mass is 335 g/mol. The van der Waals surface area contributed by atoms with Gasteiger partial charge in [0.2, 0.25) is 5.70 Å². The van der Waals surface area contributed by atoms with Crippen molar-refractivity contribution in [1.29, 1.82) is 0 Å². The summed E-state index contributed by atoms with van der Waals surface area (Å²) in [4.78, 5) is 29.8. The Kier molecular flexibility index (Phi) is 3.30. The summed E-state index contributed by atoms with van der Waals surface area (Å²) in [5.74, 6) is -1.18. The molecule has 2 aromatic rings. The van der Waals surface area contributed by atoms with Crippen molar-refractivity contribution in [1.82, 2.24) is 4.48 Å². The van der Waals surface area contributed by atoms with Crippen LogP contribution in [0.3, 0.4) is 0 Å². The van der Waals surface area contributed by atoms with E-state index in [1.54, 1.807) is 36.4 Å². The van der Waals surface area contributed by atoms with Crippen LogP contribution in [0.4, 0.5) is 10.5 Å². The Balaban J connectivity index is 2.25. The number of benzene rings is 2. The van der Waals surface area contributed by atoms with Crippen LogP contribution < -0.4 is 15.1 Å². The zero-order valence-corrected chi connectivity index (χ0v) is 13.5. The van der Waals surface area contributed by atoms with Gasteiger partial charge in [-0.2, -0.15) is 4.79 Å². The van der Waals surface area contributed by atoms with E-state index in [4.69, 9.17) is 4.74 Å². The number of fused-ring (bicyclic) bond motifs is 4. The molecule has 0 aromatic heterocycles. The fourth-order valence-electron chi connectivity index (χ4n) is 3.62. The minimum atomic E-state index is -1.18. The molecule has 25 heavy (non-hydrogen) atoms. The Morgan fingerprint density at radius 3 is 2.60 bits per heavy atom. The predicted molar refractivity (Wildman–Crippen MR) is 91.8 cm³/mol. The molecule has 2 aliphatic rings. The molecule has 124 valence electrons. The summed E-state index contributed by atoms with van der Waals surface area (Å²) in [5.41, 5.74) is 1.84. The number of methoxy groups -OCH3 is 1. The maximum atomic E-state index is 13.0. The summed E-state index contributed by atoms with van der Waals surface area (Å²) in [6.45, 7) is 0.206. The van der Waals surface area contributed by atoms with Crippen molar-refractivity contribution >= 4 is 29.5 Å². The number of ether oxygens (including phenoxy) is 1. The maximum Gasteiger partial charge on any atom is 0.531 e. The number of quaternary nitrogens is 1. The summed E-state index contributed by atoms with van der Waals surface area (Å²) in [5, 5.41) is 11.0. The Bertz CT molecular complexity index is 1070. The highest BCUT2D eigenvalue weighted by atomic mass is 16.5. The lowest BCUT2D eigenvalue weighted by Gasteiger charge is -2.30. The maximum absolute atomic E-state index is 13.0. The molecule has 0 fully saturated rings. The largest absolute Gasteiger partial charge is 0.531 e. The van der Waals surface area contributed by atoms with Gasteiger partial charge >= 0.3 is 12.1 Å². The van der Waals surface area contributed by atoms with E-state index in [0.29, 0.717) is 22.0 Å². The quantitative estimate of drug-likeness (QED) is 0.804. The number of hydrogen-bond acceptors (Lipinski definition) is 4. The highest BCUT2D eigenvalue weighted by molar-refractivity contribution is 6.20. The number of amides is 1. The lowest BCUT2D eigenvalue weighted by Crippen LogP contribution is -2.55. The van der Waals surface area contributed by atoms with E-state index in [9.17, 15) is 14.7 Å². The second kappa shape index (κ2) is 5.39. The minimum Gasteiger partial charge on any atom is -0.474 e. The SMILES string of the molecule is COC(=O)[N+]12C(=Cc3ccccc31)CN=c1ccccc1=C2C(=O)O. The van der Waals surface area contributed by atoms with Gasteiger partial charge in [-0.25, -0.2) is 4.79 Å². The third-order valence-corrected chi connectivity index (χ3v) is 4.61. The summed E-state index contributed by atoms with van der Waals surface area (Å²) >= 11 is 0. The number of para-hydroxylation sites is 2. The van der Waals surface area contributed by atoms with Crippen molar-refractivity contribution in [3.63, 3.8) is 0 Å². The van der Waals surface area contributed by atoms with Gasteiger partial charge in [0.15, 0.2) is 11.4 Å². The molecule has 0 radical (unpaired) electrons. The van der Waals surface area contributed by atoms with Gasteiger partial charge in [-0.15, -0.1) is 4.48 Å². The predicted octanol–water partition coefficient (Wildman–Crippen LogP) is 1.64. The molecule has 0 bridgehead atoms. The second-order valence-corrected chi connectivity index (χ2v) is 5.82. The molecule has 0 saturated carbocycles. The second-order valence-electron chi connectivity index (χ2n) is 5.82. The summed E-state index contributed by atoms with van der Waals surface area (Å²) in [7, 11) is 1.27. The first-order chi connectivity index (χ1) is 12.1. The molecule has 6 nitrogen and oxygen atoms in total. The van der Waals surface area contributed by atoms with Gasteiger partial charge in [0.1, 0.15) is 6.54 Å². The number of carboxylic acids is 1. The van der Waals surface area contributed by atoms with E-state index >= 15 is 0 Å². The van der Waals surface area contributed by atoms with Crippen LogP contribution >= 0.6 is 0 Å². The average molecular weight is 335 g/mol. The molecule has 0 spiro atoms. The van der Waals surface area contributed by atoms with Crippen LogP contribution in [0.25, 0.3) is 11.8 Å². The van der Waals surface area contributed by atoms with Crippen LogP contribution in [0.15, 0.2) is 59.2 Å². The number of carbonyl (C=O) groups excluding carboxylic acids is 1. The Morgan fingerprint density at radius 1 is 1.12 bits per heavy atom. The number of carboxylic acid groups (broad SMARTS) is 1.